The number of rotatable bonds is 7. The molecule has 1 unspecified atom stereocenters. The zero-order valence-electron chi connectivity index (χ0n) is 14.0. The lowest BCUT2D eigenvalue weighted by atomic mass is 10.1. The number of unbranched alkanes of at least 4 members (excludes halogenated alkanes) is 1. The third-order valence-corrected chi connectivity index (χ3v) is 7.38. The zero-order valence-corrected chi connectivity index (χ0v) is 16.3. The number of anilines is 1. The van der Waals surface area contributed by atoms with E-state index in [0.29, 0.717) is 18.7 Å². The van der Waals surface area contributed by atoms with Gasteiger partial charge >= 0.3 is 0 Å². The van der Waals surface area contributed by atoms with Gasteiger partial charge < -0.3 is 5.32 Å². The molecule has 0 aliphatic heterocycles. The van der Waals surface area contributed by atoms with Gasteiger partial charge in [-0.05, 0) is 44.0 Å². The van der Waals surface area contributed by atoms with Crippen molar-refractivity contribution in [2.24, 2.45) is 5.41 Å². The van der Waals surface area contributed by atoms with Gasteiger partial charge in [0.25, 0.3) is 0 Å². The van der Waals surface area contributed by atoms with Crippen LogP contribution < -0.4 is 5.32 Å². The molecule has 24 heavy (non-hydrogen) atoms. The Morgan fingerprint density at radius 2 is 1.83 bits per heavy atom. The van der Waals surface area contributed by atoms with Gasteiger partial charge in [0.05, 0.1) is 10.3 Å². The van der Waals surface area contributed by atoms with E-state index in [4.69, 9.17) is 23.2 Å². The van der Waals surface area contributed by atoms with Gasteiger partial charge in [0.1, 0.15) is 4.33 Å². The maximum atomic E-state index is 12.4. The molecule has 0 bridgehead atoms. The van der Waals surface area contributed by atoms with E-state index in [-0.39, 0.29) is 10.8 Å². The van der Waals surface area contributed by atoms with Crippen LogP contribution in [0.4, 0.5) is 5.69 Å². The molecule has 2 rings (SSSR count). The number of hydrogen-bond donors (Lipinski definition) is 1. The first-order valence-corrected chi connectivity index (χ1v) is 10.00. The van der Waals surface area contributed by atoms with Gasteiger partial charge in [-0.15, -0.1) is 23.2 Å². The smallest absolute Gasteiger partial charge is 0.242 e. The van der Waals surface area contributed by atoms with Crippen LogP contribution in [-0.2, 0) is 14.8 Å². The van der Waals surface area contributed by atoms with Crippen molar-refractivity contribution in [1.29, 1.82) is 0 Å². The fourth-order valence-electron chi connectivity index (χ4n) is 2.31. The molecule has 5 nitrogen and oxygen atoms in total. The normalized spacial score (nSPS) is 22.4. The van der Waals surface area contributed by atoms with E-state index in [9.17, 15) is 13.2 Å². The Morgan fingerprint density at radius 3 is 2.29 bits per heavy atom. The van der Waals surface area contributed by atoms with Gasteiger partial charge in [0.2, 0.25) is 15.9 Å². The van der Waals surface area contributed by atoms with Crippen molar-refractivity contribution in [2.75, 3.05) is 18.9 Å². The minimum absolute atomic E-state index is 0.195. The molecule has 1 aromatic carbocycles. The van der Waals surface area contributed by atoms with Crippen molar-refractivity contribution in [1.82, 2.24) is 4.31 Å². The largest absolute Gasteiger partial charge is 0.326 e. The van der Waals surface area contributed by atoms with Gasteiger partial charge in [-0.2, -0.15) is 0 Å². The Balaban J connectivity index is 2.07. The lowest BCUT2D eigenvalue weighted by Crippen LogP contribution is -2.28. The molecule has 1 aliphatic rings. The van der Waals surface area contributed by atoms with E-state index in [1.165, 1.54) is 16.4 Å². The highest BCUT2D eigenvalue weighted by Gasteiger charge is 2.67. The fourth-order valence-corrected chi connectivity index (χ4v) is 4.22. The van der Waals surface area contributed by atoms with Crippen molar-refractivity contribution < 1.29 is 13.2 Å². The summed E-state index contributed by atoms with van der Waals surface area (Å²) in [6.07, 6.45) is 2.12. The fraction of sp³-hybridized carbons (Fsp3) is 0.562. The van der Waals surface area contributed by atoms with Crippen LogP contribution in [0, 0.1) is 5.41 Å². The Morgan fingerprint density at radius 1 is 1.29 bits per heavy atom. The summed E-state index contributed by atoms with van der Waals surface area (Å²) < 4.78 is 25.2. The molecular weight excluding hydrogens is 371 g/mol. The standard InChI is InChI=1S/C16H22Cl2N2O3S/c1-4-5-10-20(3)24(22,23)13-8-6-12(7-9-13)19-14(21)15(2)11-16(15,17)18/h6-9H,4-5,10-11H2,1-3H3,(H,19,21). The van der Waals surface area contributed by atoms with Crippen molar-refractivity contribution in [3.63, 3.8) is 0 Å². The number of carbonyl (C=O) groups is 1. The Hall–Kier alpha value is -0.820. The minimum Gasteiger partial charge on any atom is -0.326 e. The van der Waals surface area contributed by atoms with E-state index in [1.54, 1.807) is 26.1 Å². The molecule has 0 saturated heterocycles. The van der Waals surface area contributed by atoms with Crippen LogP contribution >= 0.6 is 23.2 Å². The molecule has 134 valence electrons. The van der Waals surface area contributed by atoms with Gasteiger partial charge in [-0.3, -0.25) is 4.79 Å². The molecule has 1 aromatic rings. The van der Waals surface area contributed by atoms with E-state index in [0.717, 1.165) is 12.8 Å². The number of nitrogens with zero attached hydrogens (tertiary/aromatic N) is 1. The molecule has 1 amide bonds. The summed E-state index contributed by atoms with van der Waals surface area (Å²) in [6, 6.07) is 6.09. The quantitative estimate of drug-likeness (QED) is 0.720. The SMILES string of the molecule is CCCCN(C)S(=O)(=O)c1ccc(NC(=O)C2(C)CC2(Cl)Cl)cc1. The van der Waals surface area contributed by atoms with Crippen LogP contribution in [0.2, 0.25) is 0 Å². The van der Waals surface area contributed by atoms with Crippen molar-refractivity contribution >= 4 is 44.8 Å². The average Bonchev–Trinajstić information content (AvgIpc) is 3.05. The predicted molar refractivity (Wildman–Crippen MR) is 97.0 cm³/mol. The molecule has 0 spiro atoms. The summed E-state index contributed by atoms with van der Waals surface area (Å²) in [5, 5.41) is 2.73. The van der Waals surface area contributed by atoms with E-state index in [1.807, 2.05) is 6.92 Å². The molecule has 1 saturated carbocycles. The monoisotopic (exact) mass is 392 g/mol. The number of nitrogens with one attached hydrogen (secondary N) is 1. The highest BCUT2D eigenvalue weighted by atomic mass is 35.5. The number of hydrogen-bond acceptors (Lipinski definition) is 3. The number of sulfonamides is 1. The van der Waals surface area contributed by atoms with Crippen molar-refractivity contribution in [3.8, 4) is 0 Å². The number of amides is 1. The summed E-state index contributed by atoms with van der Waals surface area (Å²) in [4.78, 5) is 12.4. The minimum atomic E-state index is -3.51. The molecular formula is C16H22Cl2N2O3S. The van der Waals surface area contributed by atoms with Gasteiger partial charge in [0.15, 0.2) is 0 Å². The molecule has 1 fully saturated rings. The maximum absolute atomic E-state index is 12.4. The summed E-state index contributed by atoms with van der Waals surface area (Å²) in [7, 11) is -1.95. The Bertz CT molecular complexity index is 719. The first-order chi connectivity index (χ1) is 11.0. The summed E-state index contributed by atoms with van der Waals surface area (Å²) in [5.41, 5.74) is -0.311. The second-order valence-electron chi connectivity index (χ2n) is 6.37. The Labute approximate surface area is 153 Å². The summed E-state index contributed by atoms with van der Waals surface area (Å²) in [5.74, 6) is -0.275. The highest BCUT2D eigenvalue weighted by molar-refractivity contribution is 7.89. The van der Waals surface area contributed by atoms with Crippen LogP contribution in [0.3, 0.4) is 0 Å². The molecule has 0 radical (unpaired) electrons. The van der Waals surface area contributed by atoms with Crippen LogP contribution in [-0.4, -0.2) is 36.6 Å². The number of halogens is 2. The number of carbonyl (C=O) groups excluding carboxylic acids is 1. The molecule has 1 N–H and O–H groups in total. The lowest BCUT2D eigenvalue weighted by molar-refractivity contribution is -0.120. The van der Waals surface area contributed by atoms with Crippen LogP contribution in [0.25, 0.3) is 0 Å². The molecule has 0 heterocycles. The molecule has 8 heteroatoms. The van der Waals surface area contributed by atoms with Crippen molar-refractivity contribution in [2.45, 2.75) is 42.3 Å². The Kier molecular flexibility index (Phi) is 5.55. The molecule has 0 aromatic heterocycles. The predicted octanol–water partition coefficient (Wildman–Crippen LogP) is 3.63. The van der Waals surface area contributed by atoms with Crippen LogP contribution in [0.1, 0.15) is 33.1 Å². The van der Waals surface area contributed by atoms with E-state index < -0.39 is 19.8 Å². The first-order valence-electron chi connectivity index (χ1n) is 7.80. The van der Waals surface area contributed by atoms with Crippen LogP contribution in [0.15, 0.2) is 29.2 Å². The second-order valence-corrected chi connectivity index (χ2v) is 9.90. The third-order valence-electron chi connectivity index (χ3n) is 4.41. The first kappa shape index (κ1) is 19.5. The zero-order chi connectivity index (χ0) is 18.2. The number of alkyl halides is 2. The average molecular weight is 393 g/mol. The molecule has 1 atom stereocenters. The number of benzene rings is 1. The van der Waals surface area contributed by atoms with Crippen molar-refractivity contribution in [3.05, 3.63) is 24.3 Å². The van der Waals surface area contributed by atoms with Gasteiger partial charge in [-0.25, -0.2) is 12.7 Å². The van der Waals surface area contributed by atoms with Crippen LogP contribution in [0.5, 0.6) is 0 Å². The molecule has 1 aliphatic carbocycles. The lowest BCUT2D eigenvalue weighted by Gasteiger charge is -2.17. The maximum Gasteiger partial charge on any atom is 0.242 e. The summed E-state index contributed by atoms with van der Waals surface area (Å²) in [6.45, 7) is 4.18. The van der Waals surface area contributed by atoms with E-state index in [2.05, 4.69) is 5.32 Å². The van der Waals surface area contributed by atoms with Gasteiger partial charge in [0, 0.05) is 19.3 Å². The third kappa shape index (κ3) is 3.72. The topological polar surface area (TPSA) is 66.5 Å². The van der Waals surface area contributed by atoms with Gasteiger partial charge in [-0.1, -0.05) is 13.3 Å². The highest BCUT2D eigenvalue weighted by Crippen LogP contribution is 2.64. The van der Waals surface area contributed by atoms with E-state index >= 15 is 0 Å². The summed E-state index contributed by atoms with van der Waals surface area (Å²) >= 11 is 12.0. The second kappa shape index (κ2) is 6.83.